The fraction of sp³-hybridized carbons (Fsp3) is 0.462. The number of benzene rings is 1. The van der Waals surface area contributed by atoms with E-state index in [4.69, 9.17) is 17.3 Å². The van der Waals surface area contributed by atoms with Gasteiger partial charge in [-0.2, -0.15) is 0 Å². The molecule has 5 heteroatoms. The Morgan fingerprint density at radius 1 is 1.61 bits per heavy atom. The average molecular weight is 268 g/mol. The summed E-state index contributed by atoms with van der Waals surface area (Å²) in [4.78, 5) is 13.5. The standard InChI is InChI=1S/C13H18ClN3O/c1-9-2-3-10(6-11(9)14)8-17-5-4-16-7-12(17)13(15)18/h2-3,6,12,16H,4-5,7-8H2,1H3,(H2,15,18). The van der Waals surface area contributed by atoms with E-state index in [0.717, 1.165) is 29.2 Å². The molecule has 2 rings (SSSR count). The number of nitrogens with two attached hydrogens (primary N) is 1. The number of hydrogen-bond donors (Lipinski definition) is 2. The zero-order valence-electron chi connectivity index (χ0n) is 10.4. The molecule has 0 bridgehead atoms. The molecule has 1 amide bonds. The summed E-state index contributed by atoms with van der Waals surface area (Å²) in [6.07, 6.45) is 0. The lowest BCUT2D eigenvalue weighted by Gasteiger charge is -2.34. The van der Waals surface area contributed by atoms with Crippen LogP contribution in [-0.2, 0) is 11.3 Å². The number of amides is 1. The number of nitrogens with zero attached hydrogens (tertiary/aromatic N) is 1. The Hall–Kier alpha value is -1.10. The number of carbonyl (C=O) groups excluding carboxylic acids is 1. The molecule has 1 aliphatic heterocycles. The van der Waals surface area contributed by atoms with Crippen LogP contribution in [0, 0.1) is 6.92 Å². The van der Waals surface area contributed by atoms with Crippen LogP contribution in [0.25, 0.3) is 0 Å². The van der Waals surface area contributed by atoms with Gasteiger partial charge in [0.25, 0.3) is 0 Å². The van der Waals surface area contributed by atoms with E-state index in [2.05, 4.69) is 10.2 Å². The van der Waals surface area contributed by atoms with Gasteiger partial charge in [-0.3, -0.25) is 9.69 Å². The number of hydrogen-bond acceptors (Lipinski definition) is 3. The van der Waals surface area contributed by atoms with Crippen LogP contribution in [0.4, 0.5) is 0 Å². The Morgan fingerprint density at radius 2 is 2.39 bits per heavy atom. The second-order valence-corrected chi connectivity index (χ2v) is 5.08. The fourth-order valence-corrected chi connectivity index (χ4v) is 2.39. The molecule has 1 atom stereocenters. The van der Waals surface area contributed by atoms with Crippen LogP contribution in [0.15, 0.2) is 18.2 Å². The van der Waals surface area contributed by atoms with Crippen LogP contribution >= 0.6 is 11.6 Å². The first-order chi connectivity index (χ1) is 8.58. The highest BCUT2D eigenvalue weighted by Gasteiger charge is 2.26. The summed E-state index contributed by atoms with van der Waals surface area (Å²) < 4.78 is 0. The highest BCUT2D eigenvalue weighted by molar-refractivity contribution is 6.31. The van der Waals surface area contributed by atoms with Gasteiger partial charge in [-0.05, 0) is 24.1 Å². The highest BCUT2D eigenvalue weighted by Crippen LogP contribution is 2.19. The van der Waals surface area contributed by atoms with Crippen molar-refractivity contribution in [3.8, 4) is 0 Å². The van der Waals surface area contributed by atoms with E-state index in [1.165, 1.54) is 0 Å². The lowest BCUT2D eigenvalue weighted by molar-refractivity contribution is -0.124. The first-order valence-corrected chi connectivity index (χ1v) is 6.45. The number of nitrogens with one attached hydrogen (secondary N) is 1. The van der Waals surface area contributed by atoms with Crippen LogP contribution in [-0.4, -0.2) is 36.5 Å². The van der Waals surface area contributed by atoms with Crippen LogP contribution < -0.4 is 11.1 Å². The predicted molar refractivity (Wildman–Crippen MR) is 72.5 cm³/mol. The van der Waals surface area contributed by atoms with E-state index < -0.39 is 0 Å². The van der Waals surface area contributed by atoms with Crippen molar-refractivity contribution in [2.75, 3.05) is 19.6 Å². The van der Waals surface area contributed by atoms with Gasteiger partial charge in [-0.15, -0.1) is 0 Å². The third-order valence-corrected chi connectivity index (χ3v) is 3.71. The zero-order valence-corrected chi connectivity index (χ0v) is 11.2. The van der Waals surface area contributed by atoms with Gasteiger partial charge in [-0.25, -0.2) is 0 Å². The molecule has 0 aromatic heterocycles. The minimum absolute atomic E-state index is 0.237. The molecule has 98 valence electrons. The van der Waals surface area contributed by atoms with Gasteiger partial charge in [0.05, 0.1) is 0 Å². The van der Waals surface area contributed by atoms with Crippen LogP contribution in [0.2, 0.25) is 5.02 Å². The van der Waals surface area contributed by atoms with E-state index in [0.29, 0.717) is 13.1 Å². The molecule has 1 unspecified atom stereocenters. The fourth-order valence-electron chi connectivity index (χ4n) is 2.19. The minimum atomic E-state index is -0.277. The van der Waals surface area contributed by atoms with E-state index in [1.807, 2.05) is 25.1 Å². The van der Waals surface area contributed by atoms with Gasteiger partial charge in [-0.1, -0.05) is 23.7 Å². The molecule has 1 heterocycles. The molecule has 1 aromatic rings. The zero-order chi connectivity index (χ0) is 13.1. The van der Waals surface area contributed by atoms with Crippen molar-refractivity contribution in [3.63, 3.8) is 0 Å². The third kappa shape index (κ3) is 3.02. The van der Waals surface area contributed by atoms with Crippen molar-refractivity contribution in [2.24, 2.45) is 5.73 Å². The molecule has 18 heavy (non-hydrogen) atoms. The monoisotopic (exact) mass is 267 g/mol. The second kappa shape index (κ2) is 5.69. The molecule has 1 aromatic carbocycles. The smallest absolute Gasteiger partial charge is 0.236 e. The highest BCUT2D eigenvalue weighted by atomic mass is 35.5. The van der Waals surface area contributed by atoms with Gasteiger partial charge in [0.15, 0.2) is 0 Å². The Morgan fingerprint density at radius 3 is 3.06 bits per heavy atom. The number of halogens is 1. The molecule has 4 nitrogen and oxygen atoms in total. The lowest BCUT2D eigenvalue weighted by atomic mass is 10.1. The Labute approximate surface area is 112 Å². The minimum Gasteiger partial charge on any atom is -0.368 e. The van der Waals surface area contributed by atoms with Gasteiger partial charge in [0, 0.05) is 31.2 Å². The van der Waals surface area contributed by atoms with Gasteiger partial charge < -0.3 is 11.1 Å². The largest absolute Gasteiger partial charge is 0.368 e. The number of aryl methyl sites for hydroxylation is 1. The van der Waals surface area contributed by atoms with E-state index in [-0.39, 0.29) is 11.9 Å². The normalized spacial score (nSPS) is 20.9. The van der Waals surface area contributed by atoms with Crippen LogP contribution in [0.1, 0.15) is 11.1 Å². The van der Waals surface area contributed by atoms with Crippen molar-refractivity contribution in [1.29, 1.82) is 0 Å². The molecule has 1 aliphatic rings. The lowest BCUT2D eigenvalue weighted by Crippen LogP contribution is -2.56. The molecule has 3 N–H and O–H groups in total. The topological polar surface area (TPSA) is 58.4 Å². The van der Waals surface area contributed by atoms with Gasteiger partial charge >= 0.3 is 0 Å². The number of piperazine rings is 1. The third-order valence-electron chi connectivity index (χ3n) is 3.30. The van der Waals surface area contributed by atoms with Crippen molar-refractivity contribution >= 4 is 17.5 Å². The maximum atomic E-state index is 11.4. The quantitative estimate of drug-likeness (QED) is 0.856. The molecule has 0 saturated carbocycles. The van der Waals surface area contributed by atoms with E-state index >= 15 is 0 Å². The first-order valence-electron chi connectivity index (χ1n) is 6.07. The van der Waals surface area contributed by atoms with E-state index in [1.54, 1.807) is 0 Å². The molecule has 0 spiro atoms. The van der Waals surface area contributed by atoms with Crippen molar-refractivity contribution in [2.45, 2.75) is 19.5 Å². The summed E-state index contributed by atoms with van der Waals surface area (Å²) in [5.41, 5.74) is 7.59. The van der Waals surface area contributed by atoms with Gasteiger partial charge in [0.2, 0.25) is 5.91 Å². The molecular weight excluding hydrogens is 250 g/mol. The summed E-state index contributed by atoms with van der Waals surface area (Å²) >= 11 is 6.11. The second-order valence-electron chi connectivity index (χ2n) is 4.68. The Kier molecular flexibility index (Phi) is 4.22. The molecule has 0 aliphatic carbocycles. The number of primary amides is 1. The van der Waals surface area contributed by atoms with Crippen molar-refractivity contribution < 1.29 is 4.79 Å². The molecule has 1 fully saturated rings. The van der Waals surface area contributed by atoms with Crippen LogP contribution in [0.5, 0.6) is 0 Å². The molecular formula is C13H18ClN3O. The Balaban J connectivity index is 2.10. The van der Waals surface area contributed by atoms with E-state index in [9.17, 15) is 4.79 Å². The first kappa shape index (κ1) is 13.3. The molecule has 1 saturated heterocycles. The van der Waals surface area contributed by atoms with Gasteiger partial charge in [0.1, 0.15) is 6.04 Å². The number of rotatable bonds is 3. The summed E-state index contributed by atoms with van der Waals surface area (Å²) in [6, 6.07) is 5.76. The van der Waals surface area contributed by atoms with Crippen molar-refractivity contribution in [3.05, 3.63) is 34.3 Å². The summed E-state index contributed by atoms with van der Waals surface area (Å²) in [7, 11) is 0. The SMILES string of the molecule is Cc1ccc(CN2CCNCC2C(N)=O)cc1Cl. The summed E-state index contributed by atoms with van der Waals surface area (Å²) in [5, 5.41) is 3.95. The molecule has 0 radical (unpaired) electrons. The predicted octanol–water partition coefficient (Wildman–Crippen LogP) is 0.908. The summed E-state index contributed by atoms with van der Waals surface area (Å²) in [5.74, 6) is -0.277. The number of carbonyl (C=O) groups is 1. The average Bonchev–Trinajstić information content (AvgIpc) is 2.34. The van der Waals surface area contributed by atoms with Crippen molar-refractivity contribution in [1.82, 2.24) is 10.2 Å². The maximum Gasteiger partial charge on any atom is 0.236 e. The Bertz CT molecular complexity index is 450. The summed E-state index contributed by atoms with van der Waals surface area (Å²) in [6.45, 7) is 5.00. The maximum absolute atomic E-state index is 11.4. The van der Waals surface area contributed by atoms with Crippen LogP contribution in [0.3, 0.4) is 0 Å².